The Hall–Kier alpha value is -3.42. The van der Waals surface area contributed by atoms with E-state index in [2.05, 4.69) is 25.0 Å². The molecular weight excluding hydrogens is 374 g/mol. The zero-order valence-corrected chi connectivity index (χ0v) is 14.5. The molecule has 2 N–H and O–H groups in total. The highest BCUT2D eigenvalue weighted by atomic mass is 32.2. The van der Waals surface area contributed by atoms with Gasteiger partial charge in [0.1, 0.15) is 4.90 Å². The fourth-order valence-corrected chi connectivity index (χ4v) is 2.65. The third-order valence-corrected chi connectivity index (χ3v) is 4.06. The van der Waals surface area contributed by atoms with Gasteiger partial charge in [-0.15, -0.1) is 4.98 Å². The topological polar surface area (TPSA) is 172 Å². The van der Waals surface area contributed by atoms with E-state index in [0.717, 1.165) is 19.4 Å². The van der Waals surface area contributed by atoms with Crippen LogP contribution in [0.15, 0.2) is 21.6 Å². The molecule has 13 nitrogen and oxygen atoms in total. The molecule has 0 unspecified atom stereocenters. The summed E-state index contributed by atoms with van der Waals surface area (Å²) < 4.78 is 44.9. The van der Waals surface area contributed by atoms with Gasteiger partial charge in [-0.05, 0) is 6.07 Å². The third kappa shape index (κ3) is 4.15. The van der Waals surface area contributed by atoms with Gasteiger partial charge in [0.25, 0.3) is 10.0 Å². The summed E-state index contributed by atoms with van der Waals surface area (Å²) in [7, 11) is -0.851. The molecular formula is C12H13N5O8S. The fourth-order valence-electron chi connectivity index (χ4n) is 1.63. The van der Waals surface area contributed by atoms with Crippen LogP contribution in [0.5, 0.6) is 12.0 Å². The van der Waals surface area contributed by atoms with E-state index in [1.807, 2.05) is 0 Å². The lowest BCUT2D eigenvalue weighted by Crippen LogP contribution is -2.35. The number of hydrogen-bond acceptors (Lipinski definition) is 11. The predicted molar refractivity (Wildman–Crippen MR) is 82.3 cm³/mol. The first-order valence-electron chi connectivity index (χ1n) is 6.64. The van der Waals surface area contributed by atoms with Crippen LogP contribution in [0, 0.1) is 0 Å². The second-order valence-corrected chi connectivity index (χ2v) is 5.95. The van der Waals surface area contributed by atoms with Crippen molar-refractivity contribution in [3.8, 4) is 12.0 Å². The molecule has 0 fully saturated rings. The minimum atomic E-state index is -4.44. The van der Waals surface area contributed by atoms with Crippen molar-refractivity contribution in [1.29, 1.82) is 0 Å². The van der Waals surface area contributed by atoms with Crippen molar-refractivity contribution in [2.24, 2.45) is 0 Å². The lowest BCUT2D eigenvalue weighted by atomic mass is 10.4. The first-order valence-corrected chi connectivity index (χ1v) is 8.12. The zero-order chi connectivity index (χ0) is 19.3. The Morgan fingerprint density at radius 2 is 1.69 bits per heavy atom. The fraction of sp³-hybridized carbons (Fsp3) is 0.250. The summed E-state index contributed by atoms with van der Waals surface area (Å²) in [5, 5.41) is 2.07. The van der Waals surface area contributed by atoms with E-state index in [9.17, 15) is 18.0 Å². The highest BCUT2D eigenvalue weighted by Crippen LogP contribution is 2.18. The number of esters is 1. The molecule has 14 heteroatoms. The van der Waals surface area contributed by atoms with Crippen LogP contribution in [-0.4, -0.2) is 56.7 Å². The minimum absolute atomic E-state index is 0.169. The molecule has 2 amide bonds. The summed E-state index contributed by atoms with van der Waals surface area (Å²) >= 11 is 0. The molecule has 0 aromatic carbocycles. The van der Waals surface area contributed by atoms with Crippen molar-refractivity contribution >= 4 is 28.0 Å². The van der Waals surface area contributed by atoms with Crippen molar-refractivity contribution in [3.05, 3.63) is 18.1 Å². The summed E-state index contributed by atoms with van der Waals surface area (Å²) in [4.78, 5) is 34.0. The second-order valence-electron chi connectivity index (χ2n) is 4.30. The molecule has 0 saturated heterocycles. The average molecular weight is 387 g/mol. The van der Waals surface area contributed by atoms with Gasteiger partial charge in [0.2, 0.25) is 11.7 Å². The van der Waals surface area contributed by atoms with E-state index < -0.39 is 32.7 Å². The molecule has 0 radical (unpaired) electrons. The van der Waals surface area contributed by atoms with Crippen molar-refractivity contribution in [2.45, 2.75) is 4.90 Å². The Labute approximate surface area is 146 Å². The highest BCUT2D eigenvalue weighted by molar-refractivity contribution is 7.90. The van der Waals surface area contributed by atoms with E-state index in [1.165, 1.54) is 14.2 Å². The Morgan fingerprint density at radius 1 is 1.08 bits per heavy atom. The Morgan fingerprint density at radius 3 is 2.23 bits per heavy atom. The maximum absolute atomic E-state index is 12.2. The summed E-state index contributed by atoms with van der Waals surface area (Å²) in [6.07, 6.45) is 0.959. The van der Waals surface area contributed by atoms with E-state index >= 15 is 0 Å². The molecule has 0 aliphatic carbocycles. The number of methoxy groups -OCH3 is 3. The molecule has 0 aliphatic rings. The van der Waals surface area contributed by atoms with Gasteiger partial charge in [0.15, 0.2) is 0 Å². The third-order valence-electron chi connectivity index (χ3n) is 2.70. The molecule has 2 heterocycles. The molecule has 140 valence electrons. The number of ether oxygens (including phenoxy) is 3. The molecule has 0 spiro atoms. The van der Waals surface area contributed by atoms with Crippen LogP contribution >= 0.6 is 0 Å². The van der Waals surface area contributed by atoms with Gasteiger partial charge < -0.3 is 18.6 Å². The van der Waals surface area contributed by atoms with Crippen molar-refractivity contribution in [3.63, 3.8) is 0 Å². The number of anilines is 1. The number of aromatic nitrogens is 3. The zero-order valence-electron chi connectivity index (χ0n) is 13.7. The number of nitrogens with one attached hydrogen (secondary N) is 2. The Balaban J connectivity index is 2.20. The normalized spacial score (nSPS) is 10.7. The summed E-state index contributed by atoms with van der Waals surface area (Å²) in [5.41, 5.74) is 0. The monoisotopic (exact) mass is 387 g/mol. The van der Waals surface area contributed by atoms with Gasteiger partial charge in [-0.3, -0.25) is 5.32 Å². The molecule has 2 aromatic rings. The lowest BCUT2D eigenvalue weighted by Gasteiger charge is -2.08. The van der Waals surface area contributed by atoms with Crippen LogP contribution in [-0.2, 0) is 14.8 Å². The standard InChI is InChI=1S/C12H13N5O8S/c1-22-8(18)7-6(4-5-25-7)26(20,21)17-10(19)13-9-14-11(23-2)16-12(15-9)24-3/h4-5H,1-3H3,(H2,13,14,15,16,17,19). The number of hydrogen-bond donors (Lipinski definition) is 2. The summed E-state index contributed by atoms with van der Waals surface area (Å²) in [5.74, 6) is -1.94. The van der Waals surface area contributed by atoms with Gasteiger partial charge in [0, 0.05) is 0 Å². The maximum Gasteiger partial charge on any atom is 0.375 e. The van der Waals surface area contributed by atoms with Crippen molar-refractivity contribution in [1.82, 2.24) is 19.7 Å². The first-order chi connectivity index (χ1) is 12.3. The number of carbonyl (C=O) groups is 2. The quantitative estimate of drug-likeness (QED) is 0.627. The van der Waals surface area contributed by atoms with Crippen molar-refractivity contribution in [2.75, 3.05) is 26.6 Å². The number of carbonyl (C=O) groups excluding carboxylic acids is 2. The molecule has 0 bridgehead atoms. The number of amides is 2. The predicted octanol–water partition coefficient (Wildman–Crippen LogP) is -0.221. The van der Waals surface area contributed by atoms with Crippen LogP contribution in [0.1, 0.15) is 10.6 Å². The Kier molecular flexibility index (Phi) is 5.56. The van der Waals surface area contributed by atoms with Gasteiger partial charge >= 0.3 is 24.0 Å². The van der Waals surface area contributed by atoms with Crippen LogP contribution in [0.4, 0.5) is 10.7 Å². The molecule has 0 aliphatic heterocycles. The molecule has 0 saturated carbocycles. The number of urea groups is 1. The Bertz CT molecular complexity index is 903. The van der Waals surface area contributed by atoms with Crippen LogP contribution < -0.4 is 19.5 Å². The summed E-state index contributed by atoms with van der Waals surface area (Å²) in [6, 6.07) is -0.565. The van der Waals surface area contributed by atoms with E-state index in [0.29, 0.717) is 0 Å². The summed E-state index contributed by atoms with van der Waals surface area (Å²) in [6.45, 7) is 0. The average Bonchev–Trinajstić information content (AvgIpc) is 3.10. The second kappa shape index (κ2) is 7.64. The number of furan rings is 1. The van der Waals surface area contributed by atoms with E-state index in [1.54, 1.807) is 4.72 Å². The van der Waals surface area contributed by atoms with E-state index in [4.69, 9.17) is 13.9 Å². The SMILES string of the molecule is COC(=O)c1occc1S(=O)(=O)NC(=O)Nc1nc(OC)nc(OC)n1. The van der Waals surface area contributed by atoms with Gasteiger partial charge in [-0.25, -0.2) is 22.7 Å². The first kappa shape index (κ1) is 18.9. The highest BCUT2D eigenvalue weighted by Gasteiger charge is 2.28. The smallest absolute Gasteiger partial charge is 0.375 e. The van der Waals surface area contributed by atoms with Crippen molar-refractivity contribution < 1.29 is 36.6 Å². The number of nitrogens with zero attached hydrogens (tertiary/aromatic N) is 3. The molecule has 0 atom stereocenters. The largest absolute Gasteiger partial charge is 0.467 e. The van der Waals surface area contributed by atoms with Gasteiger partial charge in [0.05, 0.1) is 27.6 Å². The van der Waals surface area contributed by atoms with Gasteiger partial charge in [-0.1, -0.05) is 0 Å². The maximum atomic E-state index is 12.2. The van der Waals surface area contributed by atoms with E-state index in [-0.39, 0.29) is 18.0 Å². The van der Waals surface area contributed by atoms with Crippen LogP contribution in [0.3, 0.4) is 0 Å². The van der Waals surface area contributed by atoms with Crippen LogP contribution in [0.25, 0.3) is 0 Å². The molecule has 2 aromatic heterocycles. The molecule has 2 rings (SSSR count). The number of rotatable bonds is 6. The number of sulfonamides is 1. The van der Waals surface area contributed by atoms with Crippen LogP contribution in [0.2, 0.25) is 0 Å². The molecule has 26 heavy (non-hydrogen) atoms. The minimum Gasteiger partial charge on any atom is -0.467 e. The van der Waals surface area contributed by atoms with Gasteiger partial charge in [-0.2, -0.15) is 9.97 Å². The lowest BCUT2D eigenvalue weighted by molar-refractivity contribution is 0.0559.